The van der Waals surface area contributed by atoms with Crippen LogP contribution in [0.2, 0.25) is 0 Å². The van der Waals surface area contributed by atoms with Gasteiger partial charge in [0.15, 0.2) is 0 Å². The van der Waals surface area contributed by atoms with Gasteiger partial charge in [-0.05, 0) is 18.6 Å². The fourth-order valence-electron chi connectivity index (χ4n) is 2.01. The molecule has 0 aromatic heterocycles. The summed E-state index contributed by atoms with van der Waals surface area (Å²) in [6.07, 6.45) is 1.18. The molecule has 1 aromatic carbocycles. The zero-order chi connectivity index (χ0) is 11.4. The number of para-hydroxylation sites is 2. The van der Waals surface area contributed by atoms with E-state index in [4.69, 9.17) is 4.74 Å². The van der Waals surface area contributed by atoms with Crippen LogP contribution in [0.5, 0.6) is 0 Å². The molecule has 1 fully saturated rings. The smallest absolute Gasteiger partial charge is 0.0596 e. The predicted octanol–water partition coefficient (Wildman–Crippen LogP) is 2.20. The molecule has 1 unspecified atom stereocenters. The Morgan fingerprint density at radius 2 is 2.19 bits per heavy atom. The zero-order valence-corrected chi connectivity index (χ0v) is 10.1. The van der Waals surface area contributed by atoms with Crippen LogP contribution in [-0.2, 0) is 4.74 Å². The summed E-state index contributed by atoms with van der Waals surface area (Å²) < 4.78 is 5.37. The molecule has 16 heavy (non-hydrogen) atoms. The highest BCUT2D eigenvalue weighted by Gasteiger charge is 2.15. The third-order valence-electron chi connectivity index (χ3n) is 2.99. The van der Waals surface area contributed by atoms with Crippen molar-refractivity contribution in [3.05, 3.63) is 24.3 Å². The van der Waals surface area contributed by atoms with E-state index in [1.165, 1.54) is 17.8 Å². The number of ether oxygens (including phenoxy) is 1. The van der Waals surface area contributed by atoms with Crippen molar-refractivity contribution in [2.45, 2.75) is 6.42 Å². The number of rotatable bonds is 4. The van der Waals surface area contributed by atoms with Crippen molar-refractivity contribution in [2.75, 3.05) is 44.1 Å². The molecule has 1 aliphatic heterocycles. The molecule has 1 aromatic rings. The van der Waals surface area contributed by atoms with E-state index in [1.54, 1.807) is 0 Å². The summed E-state index contributed by atoms with van der Waals surface area (Å²) >= 11 is 0. The van der Waals surface area contributed by atoms with Gasteiger partial charge in [-0.15, -0.1) is 0 Å². The van der Waals surface area contributed by atoms with Crippen LogP contribution in [0.4, 0.5) is 11.4 Å². The minimum absolute atomic E-state index is 0.662. The topological polar surface area (TPSA) is 24.5 Å². The van der Waals surface area contributed by atoms with E-state index in [0.717, 1.165) is 19.8 Å². The molecule has 1 N–H and O–H groups in total. The Bertz CT molecular complexity index is 332. The maximum Gasteiger partial charge on any atom is 0.0596 e. The molecule has 1 atom stereocenters. The van der Waals surface area contributed by atoms with Crippen molar-refractivity contribution in [3.8, 4) is 0 Å². The minimum atomic E-state index is 0.662. The number of hydrogen-bond acceptors (Lipinski definition) is 3. The number of nitrogens with zero attached hydrogens (tertiary/aromatic N) is 1. The molecule has 88 valence electrons. The standard InChI is InChI=1S/C13H20N2O/c1-15(2)13-6-4-3-5-12(13)14-9-11-7-8-16-10-11/h3-6,11,14H,7-10H2,1-2H3. The van der Waals surface area contributed by atoms with Crippen LogP contribution in [0.3, 0.4) is 0 Å². The summed E-state index contributed by atoms with van der Waals surface area (Å²) in [4.78, 5) is 2.13. The number of nitrogens with one attached hydrogen (secondary N) is 1. The van der Waals surface area contributed by atoms with E-state index in [1.807, 2.05) is 0 Å². The van der Waals surface area contributed by atoms with Gasteiger partial charge in [0.25, 0.3) is 0 Å². The highest BCUT2D eigenvalue weighted by atomic mass is 16.5. The second-order valence-electron chi connectivity index (χ2n) is 4.52. The van der Waals surface area contributed by atoms with Crippen molar-refractivity contribution < 1.29 is 4.74 Å². The molecular formula is C13H20N2O. The average molecular weight is 220 g/mol. The van der Waals surface area contributed by atoms with Gasteiger partial charge in [0.1, 0.15) is 0 Å². The molecule has 0 bridgehead atoms. The van der Waals surface area contributed by atoms with Crippen LogP contribution < -0.4 is 10.2 Å². The lowest BCUT2D eigenvalue weighted by atomic mass is 10.1. The molecule has 0 amide bonds. The molecule has 1 saturated heterocycles. The first-order valence-electron chi connectivity index (χ1n) is 5.85. The van der Waals surface area contributed by atoms with Crippen molar-refractivity contribution in [2.24, 2.45) is 5.92 Å². The Labute approximate surface area is 97.4 Å². The Balaban J connectivity index is 1.97. The molecule has 1 aliphatic rings. The lowest BCUT2D eigenvalue weighted by molar-refractivity contribution is 0.187. The summed E-state index contributed by atoms with van der Waals surface area (Å²) in [6, 6.07) is 8.40. The van der Waals surface area contributed by atoms with Crippen molar-refractivity contribution in [1.82, 2.24) is 0 Å². The van der Waals surface area contributed by atoms with Gasteiger partial charge in [-0.3, -0.25) is 0 Å². The van der Waals surface area contributed by atoms with Gasteiger partial charge < -0.3 is 15.0 Å². The first-order valence-corrected chi connectivity index (χ1v) is 5.85. The van der Waals surface area contributed by atoms with Gasteiger partial charge in [0.2, 0.25) is 0 Å². The van der Waals surface area contributed by atoms with E-state index in [0.29, 0.717) is 5.92 Å². The van der Waals surface area contributed by atoms with E-state index in [2.05, 4.69) is 48.6 Å². The van der Waals surface area contributed by atoms with E-state index >= 15 is 0 Å². The van der Waals surface area contributed by atoms with Crippen LogP contribution in [0.25, 0.3) is 0 Å². The molecule has 0 saturated carbocycles. The summed E-state index contributed by atoms with van der Waals surface area (Å²) in [6.45, 7) is 2.82. The molecule has 1 heterocycles. The molecule has 0 spiro atoms. The fraction of sp³-hybridized carbons (Fsp3) is 0.538. The largest absolute Gasteiger partial charge is 0.383 e. The Morgan fingerprint density at radius 1 is 1.38 bits per heavy atom. The van der Waals surface area contributed by atoms with Crippen LogP contribution in [-0.4, -0.2) is 33.9 Å². The summed E-state index contributed by atoms with van der Waals surface area (Å²) in [7, 11) is 4.14. The second-order valence-corrected chi connectivity index (χ2v) is 4.52. The van der Waals surface area contributed by atoms with Crippen molar-refractivity contribution >= 4 is 11.4 Å². The van der Waals surface area contributed by atoms with Crippen molar-refractivity contribution in [3.63, 3.8) is 0 Å². The summed E-state index contributed by atoms with van der Waals surface area (Å²) in [5, 5.41) is 3.51. The van der Waals surface area contributed by atoms with Gasteiger partial charge in [0.05, 0.1) is 18.0 Å². The maximum absolute atomic E-state index is 5.37. The van der Waals surface area contributed by atoms with Crippen LogP contribution in [0.1, 0.15) is 6.42 Å². The van der Waals surface area contributed by atoms with Gasteiger partial charge in [-0.25, -0.2) is 0 Å². The lowest BCUT2D eigenvalue weighted by Gasteiger charge is -2.19. The molecular weight excluding hydrogens is 200 g/mol. The van der Waals surface area contributed by atoms with E-state index < -0.39 is 0 Å². The van der Waals surface area contributed by atoms with Crippen molar-refractivity contribution in [1.29, 1.82) is 0 Å². The molecule has 2 rings (SSSR count). The normalized spacial score (nSPS) is 19.8. The quantitative estimate of drug-likeness (QED) is 0.842. The fourth-order valence-corrected chi connectivity index (χ4v) is 2.01. The monoisotopic (exact) mass is 220 g/mol. The predicted molar refractivity (Wildman–Crippen MR) is 68.2 cm³/mol. The third-order valence-corrected chi connectivity index (χ3v) is 2.99. The SMILES string of the molecule is CN(C)c1ccccc1NCC1CCOC1. The van der Waals surface area contributed by atoms with Gasteiger partial charge in [-0.2, -0.15) is 0 Å². The van der Waals surface area contributed by atoms with E-state index in [9.17, 15) is 0 Å². The first-order chi connectivity index (χ1) is 7.77. The Hall–Kier alpha value is -1.22. The molecule has 0 radical (unpaired) electrons. The van der Waals surface area contributed by atoms with Crippen LogP contribution in [0, 0.1) is 5.92 Å². The third kappa shape index (κ3) is 2.67. The van der Waals surface area contributed by atoms with Gasteiger partial charge >= 0.3 is 0 Å². The highest BCUT2D eigenvalue weighted by Crippen LogP contribution is 2.24. The van der Waals surface area contributed by atoms with E-state index in [-0.39, 0.29) is 0 Å². The molecule has 0 aliphatic carbocycles. The van der Waals surface area contributed by atoms with Crippen LogP contribution >= 0.6 is 0 Å². The first kappa shape index (κ1) is 11.3. The van der Waals surface area contributed by atoms with Gasteiger partial charge in [-0.1, -0.05) is 12.1 Å². The minimum Gasteiger partial charge on any atom is -0.383 e. The van der Waals surface area contributed by atoms with Crippen LogP contribution in [0.15, 0.2) is 24.3 Å². The number of hydrogen-bond donors (Lipinski definition) is 1. The Kier molecular flexibility index (Phi) is 3.67. The summed E-state index contributed by atoms with van der Waals surface area (Å²) in [5.41, 5.74) is 2.45. The van der Waals surface area contributed by atoms with Gasteiger partial charge in [0, 0.05) is 33.2 Å². The second kappa shape index (κ2) is 5.21. The maximum atomic E-state index is 5.37. The number of benzene rings is 1. The Morgan fingerprint density at radius 3 is 2.88 bits per heavy atom. The summed E-state index contributed by atoms with van der Waals surface area (Å²) in [5.74, 6) is 0.662. The molecule has 3 heteroatoms. The molecule has 3 nitrogen and oxygen atoms in total. The number of anilines is 2. The highest BCUT2D eigenvalue weighted by molar-refractivity contribution is 5.69. The lowest BCUT2D eigenvalue weighted by Crippen LogP contribution is -2.17. The zero-order valence-electron chi connectivity index (χ0n) is 10.1. The average Bonchev–Trinajstić information content (AvgIpc) is 2.79.